The van der Waals surface area contributed by atoms with Crippen LogP contribution in [0.15, 0.2) is 22.8 Å². The van der Waals surface area contributed by atoms with Crippen LogP contribution in [0.3, 0.4) is 0 Å². The Labute approximate surface area is 118 Å². The fraction of sp³-hybridized carbons (Fsp3) is 0.357. The van der Waals surface area contributed by atoms with Crippen LogP contribution in [-0.2, 0) is 11.2 Å². The number of fused-ring (bicyclic) bond motifs is 3. The van der Waals surface area contributed by atoms with Crippen molar-refractivity contribution in [3.8, 4) is 0 Å². The first-order valence-corrected chi connectivity index (χ1v) is 7.06. The maximum Gasteiger partial charge on any atom is 0.303 e. The number of carbonyl (C=O) groups is 1. The second-order valence-electron chi connectivity index (χ2n) is 4.99. The molecule has 1 unspecified atom stereocenters. The zero-order valence-electron chi connectivity index (χ0n) is 10.2. The molecule has 2 heterocycles. The minimum Gasteiger partial charge on any atom is -0.481 e. The average molecular weight is 326 g/mol. The second-order valence-corrected chi connectivity index (χ2v) is 5.85. The van der Waals surface area contributed by atoms with Gasteiger partial charge in [0.15, 0.2) is 0 Å². The van der Waals surface area contributed by atoms with Gasteiger partial charge in [-0.3, -0.25) is 4.79 Å². The quantitative estimate of drug-likeness (QED) is 0.913. The highest BCUT2D eigenvalue weighted by Gasteiger charge is 2.26. The first kappa shape index (κ1) is 12.7. The van der Waals surface area contributed by atoms with Crippen molar-refractivity contribution in [1.82, 2.24) is 4.40 Å². The van der Waals surface area contributed by atoms with Crippen LogP contribution in [0.5, 0.6) is 0 Å². The molecule has 0 aromatic carbocycles. The Morgan fingerprint density at radius 1 is 1.53 bits per heavy atom. The van der Waals surface area contributed by atoms with Crippen LogP contribution in [0.4, 0.5) is 4.39 Å². The fourth-order valence-corrected chi connectivity index (χ4v) is 3.51. The Balaban J connectivity index is 2.18. The Morgan fingerprint density at radius 2 is 2.32 bits per heavy atom. The number of aliphatic carboxylic acids is 1. The van der Waals surface area contributed by atoms with E-state index in [1.807, 2.05) is 10.5 Å². The molecule has 0 spiro atoms. The molecule has 0 saturated heterocycles. The topological polar surface area (TPSA) is 41.7 Å². The van der Waals surface area contributed by atoms with Gasteiger partial charge in [-0.2, -0.15) is 0 Å². The van der Waals surface area contributed by atoms with E-state index in [1.165, 1.54) is 12.3 Å². The van der Waals surface area contributed by atoms with E-state index >= 15 is 0 Å². The molecule has 2 aromatic rings. The molecule has 0 saturated carbocycles. The Hall–Kier alpha value is -1.36. The van der Waals surface area contributed by atoms with Crippen LogP contribution in [0.2, 0.25) is 0 Å². The monoisotopic (exact) mass is 325 g/mol. The van der Waals surface area contributed by atoms with Gasteiger partial charge in [0.2, 0.25) is 0 Å². The molecule has 3 rings (SSSR count). The van der Waals surface area contributed by atoms with Gasteiger partial charge in [0.25, 0.3) is 0 Å². The van der Waals surface area contributed by atoms with Gasteiger partial charge in [0, 0.05) is 16.4 Å². The normalized spacial score (nSPS) is 18.5. The third-order valence-electron chi connectivity index (χ3n) is 3.76. The van der Waals surface area contributed by atoms with Crippen molar-refractivity contribution >= 4 is 27.4 Å². The molecule has 1 atom stereocenters. The molecule has 5 heteroatoms. The standard InChI is InChI=1S/C14H13BrFNO2/c15-11-5-9(16)7-17-12-3-1-2-8(4-14(18)19)10(12)6-13(11)17/h5-8H,1-4H2,(H,18,19). The SMILES string of the molecule is O=C(O)CC1CCCc2c1cc1c(Br)cc(F)cn21. The maximum absolute atomic E-state index is 13.5. The van der Waals surface area contributed by atoms with Crippen molar-refractivity contribution in [2.45, 2.75) is 31.6 Å². The molecule has 1 aliphatic carbocycles. The number of halogens is 2. The zero-order valence-corrected chi connectivity index (χ0v) is 11.8. The molecule has 1 N–H and O–H groups in total. The maximum atomic E-state index is 13.5. The van der Waals surface area contributed by atoms with Crippen LogP contribution in [0.1, 0.15) is 36.4 Å². The highest BCUT2D eigenvalue weighted by Crippen LogP contribution is 2.37. The summed E-state index contributed by atoms with van der Waals surface area (Å²) in [6.07, 6.45) is 4.32. The van der Waals surface area contributed by atoms with Crippen LogP contribution in [0.25, 0.3) is 5.52 Å². The first-order valence-electron chi connectivity index (χ1n) is 6.27. The van der Waals surface area contributed by atoms with Gasteiger partial charge < -0.3 is 9.51 Å². The number of carboxylic acids is 1. The lowest BCUT2D eigenvalue weighted by Crippen LogP contribution is -2.13. The van der Waals surface area contributed by atoms with E-state index in [0.717, 1.165) is 36.0 Å². The summed E-state index contributed by atoms with van der Waals surface area (Å²) in [5.74, 6) is -1.03. The van der Waals surface area contributed by atoms with Crippen LogP contribution in [-0.4, -0.2) is 15.5 Å². The molecule has 19 heavy (non-hydrogen) atoms. The van der Waals surface area contributed by atoms with Crippen molar-refractivity contribution in [2.75, 3.05) is 0 Å². The van der Waals surface area contributed by atoms with E-state index in [1.54, 1.807) is 0 Å². The minimum atomic E-state index is -0.779. The summed E-state index contributed by atoms with van der Waals surface area (Å²) in [7, 11) is 0. The fourth-order valence-electron chi connectivity index (χ4n) is 2.98. The predicted molar refractivity (Wildman–Crippen MR) is 73.0 cm³/mol. The number of carboxylic acid groups (broad SMARTS) is 1. The van der Waals surface area contributed by atoms with Gasteiger partial charge in [-0.15, -0.1) is 0 Å². The third-order valence-corrected chi connectivity index (χ3v) is 4.40. The number of nitrogens with zero attached hydrogens (tertiary/aromatic N) is 1. The van der Waals surface area contributed by atoms with Gasteiger partial charge in [0.1, 0.15) is 5.82 Å². The number of aryl methyl sites for hydroxylation is 1. The van der Waals surface area contributed by atoms with E-state index in [4.69, 9.17) is 5.11 Å². The molecule has 2 aromatic heterocycles. The van der Waals surface area contributed by atoms with E-state index < -0.39 is 5.97 Å². The summed E-state index contributed by atoms with van der Waals surface area (Å²) in [4.78, 5) is 10.9. The second kappa shape index (κ2) is 4.63. The summed E-state index contributed by atoms with van der Waals surface area (Å²) in [6.45, 7) is 0. The van der Waals surface area contributed by atoms with Crippen molar-refractivity contribution in [2.24, 2.45) is 0 Å². The largest absolute Gasteiger partial charge is 0.481 e. The molecular weight excluding hydrogens is 313 g/mol. The Kier molecular flexibility index (Phi) is 3.09. The summed E-state index contributed by atoms with van der Waals surface area (Å²) in [5, 5.41) is 8.99. The van der Waals surface area contributed by atoms with Crippen molar-refractivity contribution in [1.29, 1.82) is 0 Å². The van der Waals surface area contributed by atoms with Crippen LogP contribution >= 0.6 is 15.9 Å². The molecule has 3 nitrogen and oxygen atoms in total. The van der Waals surface area contributed by atoms with Crippen molar-refractivity contribution in [3.63, 3.8) is 0 Å². The van der Waals surface area contributed by atoms with Crippen molar-refractivity contribution < 1.29 is 14.3 Å². The van der Waals surface area contributed by atoms with Gasteiger partial charge in [-0.25, -0.2) is 4.39 Å². The van der Waals surface area contributed by atoms with E-state index in [9.17, 15) is 9.18 Å². The lowest BCUT2D eigenvalue weighted by Gasteiger charge is -2.21. The van der Waals surface area contributed by atoms with Gasteiger partial charge >= 0.3 is 5.97 Å². The van der Waals surface area contributed by atoms with Gasteiger partial charge in [-0.05, 0) is 58.8 Å². The Morgan fingerprint density at radius 3 is 3.05 bits per heavy atom. The number of hydrogen-bond acceptors (Lipinski definition) is 1. The Bertz CT molecular complexity index is 665. The molecule has 0 fully saturated rings. The number of aromatic nitrogens is 1. The molecule has 0 bridgehead atoms. The lowest BCUT2D eigenvalue weighted by molar-refractivity contribution is -0.137. The van der Waals surface area contributed by atoms with Crippen molar-refractivity contribution in [3.05, 3.63) is 39.9 Å². The zero-order chi connectivity index (χ0) is 13.6. The van der Waals surface area contributed by atoms with Crippen LogP contribution in [0, 0.1) is 5.82 Å². The first-order chi connectivity index (χ1) is 9.06. The summed E-state index contributed by atoms with van der Waals surface area (Å²) < 4.78 is 16.1. The highest BCUT2D eigenvalue weighted by atomic mass is 79.9. The predicted octanol–water partition coefficient (Wildman–Crippen LogP) is 3.74. The molecule has 0 amide bonds. The highest BCUT2D eigenvalue weighted by molar-refractivity contribution is 9.10. The van der Waals surface area contributed by atoms with Crippen LogP contribution < -0.4 is 0 Å². The van der Waals surface area contributed by atoms with Gasteiger partial charge in [0.05, 0.1) is 11.9 Å². The lowest BCUT2D eigenvalue weighted by atomic mass is 9.85. The summed E-state index contributed by atoms with van der Waals surface area (Å²) in [6, 6.07) is 3.43. The van der Waals surface area contributed by atoms with E-state index in [0.29, 0.717) is 4.47 Å². The number of rotatable bonds is 2. The average Bonchev–Trinajstić information content (AvgIpc) is 2.69. The number of hydrogen-bond donors (Lipinski definition) is 1. The minimum absolute atomic E-state index is 0.0381. The summed E-state index contributed by atoms with van der Waals surface area (Å²) >= 11 is 3.37. The summed E-state index contributed by atoms with van der Waals surface area (Å²) in [5.41, 5.74) is 3.01. The van der Waals surface area contributed by atoms with E-state index in [-0.39, 0.29) is 18.2 Å². The smallest absolute Gasteiger partial charge is 0.303 e. The molecular formula is C14H13BrFNO2. The van der Waals surface area contributed by atoms with E-state index in [2.05, 4.69) is 15.9 Å². The number of pyridine rings is 1. The van der Waals surface area contributed by atoms with Gasteiger partial charge in [-0.1, -0.05) is 0 Å². The molecule has 100 valence electrons. The molecule has 0 radical (unpaired) electrons. The molecule has 0 aliphatic heterocycles. The third kappa shape index (κ3) is 2.16. The molecule has 1 aliphatic rings.